The third kappa shape index (κ3) is 5.79. The summed E-state index contributed by atoms with van der Waals surface area (Å²) in [4.78, 5) is 67.9. The summed E-state index contributed by atoms with van der Waals surface area (Å²) in [6, 6.07) is 0. The van der Waals surface area contributed by atoms with Crippen molar-refractivity contribution < 1.29 is 56.3 Å². The first-order valence-electron chi connectivity index (χ1n) is 8.19. The van der Waals surface area contributed by atoms with Crippen LogP contribution < -0.4 is 17.0 Å². The lowest BCUT2D eigenvalue weighted by molar-refractivity contribution is -0.0432. The Morgan fingerprint density at radius 1 is 1.12 bits per heavy atom. The second-order valence-electron chi connectivity index (χ2n) is 6.27. The number of imidazole rings is 1. The highest BCUT2D eigenvalue weighted by Gasteiger charge is 2.43. The number of nitrogen functional groups attached to an aromatic ring is 1. The first-order valence-corrected chi connectivity index (χ1v) is 12.7. The van der Waals surface area contributed by atoms with E-state index in [0.29, 0.717) is 0 Å². The van der Waals surface area contributed by atoms with Crippen LogP contribution in [0, 0.1) is 0 Å². The van der Waals surface area contributed by atoms with E-state index in [1.54, 1.807) is 0 Å². The van der Waals surface area contributed by atoms with Gasteiger partial charge in [0.2, 0.25) is 5.95 Å². The van der Waals surface area contributed by atoms with E-state index in [1.165, 1.54) is 0 Å². The number of H-pyrrole nitrogens is 2. The molecule has 1 aliphatic heterocycles. The minimum Gasteiger partial charge on any atom is -0.390 e. The van der Waals surface area contributed by atoms with E-state index in [0.717, 1.165) is 4.57 Å². The second kappa shape index (κ2) is 8.57. The van der Waals surface area contributed by atoms with E-state index in [1.807, 2.05) is 0 Å². The summed E-state index contributed by atoms with van der Waals surface area (Å²) in [7, 11) is -16.7. The van der Waals surface area contributed by atoms with E-state index < -0.39 is 59.8 Å². The number of nitrogens with one attached hydrogen (secondary N) is 2. The lowest BCUT2D eigenvalue weighted by Crippen LogP contribution is -2.26. The van der Waals surface area contributed by atoms with Gasteiger partial charge in [-0.05, 0) is 0 Å². The van der Waals surface area contributed by atoms with Gasteiger partial charge in [-0.15, -0.1) is 0 Å². The number of hydrogen-bond donors (Lipinski definition) is 8. The summed E-state index contributed by atoms with van der Waals surface area (Å²) in [6.45, 7) is -0.936. The van der Waals surface area contributed by atoms with E-state index in [9.17, 15) is 33.3 Å². The molecule has 3 heterocycles. The Labute approximate surface area is 175 Å². The summed E-state index contributed by atoms with van der Waals surface area (Å²) >= 11 is 0. The minimum absolute atomic E-state index is 0.193. The van der Waals surface area contributed by atoms with Gasteiger partial charge >= 0.3 is 29.2 Å². The van der Waals surface area contributed by atoms with Crippen LogP contribution in [0.5, 0.6) is 0 Å². The van der Waals surface area contributed by atoms with E-state index in [2.05, 4.69) is 28.1 Å². The number of aliphatic hydroxyl groups excluding tert-OH is 1. The number of aliphatic hydroxyl groups is 1. The Morgan fingerprint density at radius 3 is 2.41 bits per heavy atom. The molecule has 0 radical (unpaired) electrons. The van der Waals surface area contributed by atoms with Gasteiger partial charge in [0.25, 0.3) is 5.56 Å². The fourth-order valence-electron chi connectivity index (χ4n) is 2.79. The molecule has 0 aromatic carbocycles. The Balaban J connectivity index is 1.72. The number of hydrogen-bond acceptors (Lipinski definition) is 12. The van der Waals surface area contributed by atoms with Gasteiger partial charge in [0.1, 0.15) is 12.3 Å². The number of nitrogens with two attached hydrogens (primary N) is 1. The molecule has 0 aliphatic carbocycles. The molecule has 19 nitrogen and oxygen atoms in total. The third-order valence-electron chi connectivity index (χ3n) is 3.91. The van der Waals surface area contributed by atoms with Gasteiger partial charge in [-0.3, -0.25) is 19.3 Å². The SMILES string of the molecule is Nc1nc2c([nH]c(=O)n2[C@H]2C[C@H](O)[C@@H](COP(=O)(O)OP(=O)(O)OP(=O)(O)O)O2)c(=O)[nH]1. The zero-order valence-corrected chi connectivity index (χ0v) is 18.1. The summed E-state index contributed by atoms with van der Waals surface area (Å²) in [5, 5.41) is 10.1. The predicted molar refractivity (Wildman–Crippen MR) is 99.7 cm³/mol. The average molecular weight is 523 g/mol. The van der Waals surface area contributed by atoms with Crippen LogP contribution in [0.3, 0.4) is 0 Å². The number of ether oxygens (including phenoxy) is 1. The van der Waals surface area contributed by atoms with Crippen LogP contribution in [0.4, 0.5) is 5.95 Å². The highest BCUT2D eigenvalue weighted by Crippen LogP contribution is 2.66. The lowest BCUT2D eigenvalue weighted by Gasteiger charge is -2.19. The Hall–Kier alpha value is -1.72. The topological polar surface area (TPSA) is 299 Å². The molecular weight excluding hydrogens is 507 g/mol. The Morgan fingerprint density at radius 2 is 1.78 bits per heavy atom. The van der Waals surface area contributed by atoms with Crippen molar-refractivity contribution in [3.8, 4) is 0 Å². The van der Waals surface area contributed by atoms with Crippen molar-refractivity contribution >= 4 is 40.6 Å². The molecular formula is C10H16N5O14P3. The lowest BCUT2D eigenvalue weighted by atomic mass is 10.2. The van der Waals surface area contributed by atoms with Crippen LogP contribution in [0.25, 0.3) is 11.2 Å². The molecule has 2 aromatic heterocycles. The van der Waals surface area contributed by atoms with Crippen molar-refractivity contribution in [3.05, 3.63) is 20.8 Å². The predicted octanol–water partition coefficient (Wildman–Crippen LogP) is -2.01. The molecule has 1 aliphatic rings. The van der Waals surface area contributed by atoms with Crippen LogP contribution in [0.1, 0.15) is 12.6 Å². The number of phosphoric ester groups is 1. The summed E-state index contributed by atoms with van der Waals surface area (Å²) in [6.07, 6.45) is -4.29. The zero-order chi connectivity index (χ0) is 24.1. The number of aromatic amines is 2. The summed E-state index contributed by atoms with van der Waals surface area (Å²) in [5.41, 5.74) is 3.46. The van der Waals surface area contributed by atoms with Gasteiger partial charge in [-0.1, -0.05) is 0 Å². The smallest absolute Gasteiger partial charge is 0.390 e. The first-order chi connectivity index (χ1) is 14.6. The van der Waals surface area contributed by atoms with Gasteiger partial charge in [0.05, 0.1) is 12.7 Å². The number of nitrogens with zero attached hydrogens (tertiary/aromatic N) is 2. The standard InChI is InChI=1S/C10H16N5O14P3/c11-9-13-7-6(8(17)14-9)12-10(18)15(7)5-1-3(16)4(27-5)2-26-31(22,23)29-32(24,25)28-30(19,20)21/h3-5,16H,1-2H2,(H,12,18)(H,22,23)(H,24,25)(H2,19,20,21)(H3,11,13,14,17)/t3-,4+,5+/m0/s1. The van der Waals surface area contributed by atoms with Crippen molar-refractivity contribution in [3.63, 3.8) is 0 Å². The van der Waals surface area contributed by atoms with Gasteiger partial charge < -0.3 is 35.2 Å². The number of phosphoric acid groups is 3. The van der Waals surface area contributed by atoms with E-state index >= 15 is 0 Å². The molecule has 1 fully saturated rings. The molecule has 180 valence electrons. The number of fused-ring (bicyclic) bond motifs is 1. The zero-order valence-electron chi connectivity index (χ0n) is 15.4. The number of rotatable bonds is 8. The van der Waals surface area contributed by atoms with Crippen molar-refractivity contribution in [2.75, 3.05) is 12.3 Å². The fourth-order valence-corrected chi connectivity index (χ4v) is 5.82. The van der Waals surface area contributed by atoms with Gasteiger partial charge in [0, 0.05) is 6.42 Å². The van der Waals surface area contributed by atoms with Crippen LogP contribution >= 0.6 is 23.5 Å². The van der Waals surface area contributed by atoms with Gasteiger partial charge in [0.15, 0.2) is 11.2 Å². The molecule has 0 amide bonds. The number of anilines is 1. The van der Waals surface area contributed by atoms with Crippen LogP contribution in [-0.4, -0.2) is 63.0 Å². The molecule has 3 rings (SSSR count). The summed E-state index contributed by atoms with van der Waals surface area (Å²) < 4.78 is 51.5. The van der Waals surface area contributed by atoms with Crippen LogP contribution in [0.2, 0.25) is 0 Å². The van der Waals surface area contributed by atoms with E-state index in [-0.39, 0.29) is 23.5 Å². The molecule has 5 atom stereocenters. The Bertz CT molecular complexity index is 1280. The van der Waals surface area contributed by atoms with Crippen molar-refractivity contribution in [1.82, 2.24) is 19.5 Å². The Kier molecular flexibility index (Phi) is 6.67. The molecule has 2 aromatic rings. The molecule has 32 heavy (non-hydrogen) atoms. The van der Waals surface area contributed by atoms with Crippen molar-refractivity contribution in [1.29, 1.82) is 0 Å². The first kappa shape index (κ1) is 24.9. The second-order valence-corrected chi connectivity index (χ2v) is 10.7. The molecule has 1 saturated heterocycles. The summed E-state index contributed by atoms with van der Waals surface area (Å²) in [5.74, 6) is -0.307. The van der Waals surface area contributed by atoms with Crippen LogP contribution in [-0.2, 0) is 31.6 Å². The van der Waals surface area contributed by atoms with Crippen molar-refractivity contribution in [2.45, 2.75) is 24.9 Å². The molecule has 0 spiro atoms. The largest absolute Gasteiger partial charge is 0.490 e. The van der Waals surface area contributed by atoms with Gasteiger partial charge in [-0.2, -0.15) is 13.6 Å². The third-order valence-corrected chi connectivity index (χ3v) is 7.71. The molecule has 0 saturated carbocycles. The van der Waals surface area contributed by atoms with Crippen molar-refractivity contribution in [2.24, 2.45) is 0 Å². The molecule has 2 unspecified atom stereocenters. The maximum atomic E-state index is 12.2. The van der Waals surface area contributed by atoms with Crippen LogP contribution in [0.15, 0.2) is 9.59 Å². The number of aromatic nitrogens is 4. The fraction of sp³-hybridized carbons (Fsp3) is 0.500. The molecule has 22 heteroatoms. The van der Waals surface area contributed by atoms with Gasteiger partial charge in [-0.25, -0.2) is 23.1 Å². The molecule has 9 N–H and O–H groups in total. The maximum absolute atomic E-state index is 12.2. The highest BCUT2D eigenvalue weighted by molar-refractivity contribution is 7.66. The molecule has 0 bridgehead atoms. The average Bonchev–Trinajstić information content (AvgIpc) is 3.09. The van der Waals surface area contributed by atoms with E-state index in [4.69, 9.17) is 25.2 Å². The quantitative estimate of drug-likeness (QED) is 0.173. The monoisotopic (exact) mass is 523 g/mol. The highest BCUT2D eigenvalue weighted by atomic mass is 31.3. The maximum Gasteiger partial charge on any atom is 0.490 e. The minimum atomic E-state index is -5.71. The normalized spacial score (nSPS) is 25.6.